The van der Waals surface area contributed by atoms with E-state index < -0.39 is 0 Å². The maximum absolute atomic E-state index is 13.1. The highest BCUT2D eigenvalue weighted by Crippen LogP contribution is 2.20. The van der Waals surface area contributed by atoms with Gasteiger partial charge < -0.3 is 19.9 Å². The maximum atomic E-state index is 13.1. The molecule has 0 atom stereocenters. The smallest absolute Gasteiger partial charge is 0.322 e. The number of hydrogen-bond acceptors (Lipinski definition) is 4. The summed E-state index contributed by atoms with van der Waals surface area (Å²) in [6.07, 6.45) is 0. The molecule has 0 aliphatic heterocycles. The number of nitrogens with zero attached hydrogens (tertiary/aromatic N) is 1. The second-order valence-corrected chi connectivity index (χ2v) is 8.29. The number of thiophene rings is 1. The van der Waals surface area contributed by atoms with Crippen molar-refractivity contribution < 1.29 is 9.53 Å². The molecular weight excluding hydrogens is 410 g/mol. The molecule has 0 fully saturated rings. The van der Waals surface area contributed by atoms with Crippen molar-refractivity contribution in [3.05, 3.63) is 92.4 Å². The molecule has 0 saturated heterocycles. The summed E-state index contributed by atoms with van der Waals surface area (Å²) < 4.78 is 5.17. The number of carbonyl (C=O) groups is 1. The van der Waals surface area contributed by atoms with Crippen molar-refractivity contribution in [2.45, 2.75) is 20.0 Å². The van der Waals surface area contributed by atoms with Gasteiger partial charge in [0.1, 0.15) is 5.75 Å². The third kappa shape index (κ3) is 4.78. The van der Waals surface area contributed by atoms with Crippen molar-refractivity contribution >= 4 is 34.0 Å². The van der Waals surface area contributed by atoms with Gasteiger partial charge in [0.25, 0.3) is 5.56 Å². The molecular formula is C24H23N3O3S. The Balaban J connectivity index is 1.61. The van der Waals surface area contributed by atoms with Crippen LogP contribution in [-0.4, -0.2) is 23.0 Å². The van der Waals surface area contributed by atoms with Gasteiger partial charge in [-0.25, -0.2) is 4.79 Å². The molecule has 6 nitrogen and oxygen atoms in total. The SMILES string of the molecule is COc1ccc(NC(=O)N(Cc2cccs2)Cc2cc3cccc(C)c3[nH]c2=O)cc1. The third-order valence-corrected chi connectivity index (χ3v) is 5.94. The van der Waals surface area contributed by atoms with Crippen molar-refractivity contribution in [3.63, 3.8) is 0 Å². The highest BCUT2D eigenvalue weighted by molar-refractivity contribution is 7.09. The second-order valence-electron chi connectivity index (χ2n) is 7.26. The molecule has 0 bridgehead atoms. The summed E-state index contributed by atoms with van der Waals surface area (Å²) in [5.41, 5.74) is 2.84. The number of anilines is 1. The first-order valence-corrected chi connectivity index (χ1v) is 10.8. The Morgan fingerprint density at radius 1 is 1.10 bits per heavy atom. The number of hydrogen-bond donors (Lipinski definition) is 2. The molecule has 31 heavy (non-hydrogen) atoms. The van der Waals surface area contributed by atoms with Crippen LogP contribution in [0, 0.1) is 6.92 Å². The van der Waals surface area contributed by atoms with E-state index in [4.69, 9.17) is 4.74 Å². The minimum absolute atomic E-state index is 0.185. The number of ether oxygens (including phenoxy) is 1. The van der Waals surface area contributed by atoms with E-state index in [1.54, 1.807) is 47.6 Å². The van der Waals surface area contributed by atoms with Crippen LogP contribution in [-0.2, 0) is 13.1 Å². The lowest BCUT2D eigenvalue weighted by Crippen LogP contribution is -2.35. The van der Waals surface area contributed by atoms with E-state index in [9.17, 15) is 9.59 Å². The van der Waals surface area contributed by atoms with Gasteiger partial charge in [-0.3, -0.25) is 4.79 Å². The molecule has 2 heterocycles. The van der Waals surface area contributed by atoms with Crippen LogP contribution >= 0.6 is 11.3 Å². The van der Waals surface area contributed by atoms with E-state index >= 15 is 0 Å². The van der Waals surface area contributed by atoms with Gasteiger partial charge >= 0.3 is 6.03 Å². The Hall–Kier alpha value is -3.58. The molecule has 2 aromatic heterocycles. The topological polar surface area (TPSA) is 74.4 Å². The maximum Gasteiger partial charge on any atom is 0.322 e. The van der Waals surface area contributed by atoms with Crippen LogP contribution in [0.25, 0.3) is 10.9 Å². The number of pyridine rings is 1. The fourth-order valence-electron chi connectivity index (χ4n) is 3.42. The van der Waals surface area contributed by atoms with E-state index in [1.807, 2.05) is 48.7 Å². The van der Waals surface area contributed by atoms with Crippen molar-refractivity contribution in [1.29, 1.82) is 0 Å². The molecule has 7 heteroatoms. The zero-order valence-electron chi connectivity index (χ0n) is 17.3. The number of H-pyrrole nitrogens is 1. The number of carbonyl (C=O) groups excluding carboxylic acids is 1. The molecule has 0 aliphatic carbocycles. The summed E-state index contributed by atoms with van der Waals surface area (Å²) in [5, 5.41) is 5.83. The Kier molecular flexibility index (Phi) is 6.04. The van der Waals surface area contributed by atoms with E-state index in [0.717, 1.165) is 21.3 Å². The van der Waals surface area contributed by atoms with Gasteiger partial charge in [-0.05, 0) is 59.7 Å². The molecule has 0 aliphatic rings. The summed E-state index contributed by atoms with van der Waals surface area (Å²) >= 11 is 1.58. The highest BCUT2D eigenvalue weighted by atomic mass is 32.1. The number of urea groups is 1. The number of amides is 2. The number of fused-ring (bicyclic) bond motifs is 1. The summed E-state index contributed by atoms with van der Waals surface area (Å²) in [4.78, 5) is 31.5. The molecule has 2 N–H and O–H groups in total. The van der Waals surface area contributed by atoms with Crippen LogP contribution in [0.15, 0.2) is 70.8 Å². The predicted molar refractivity (Wildman–Crippen MR) is 125 cm³/mol. The monoisotopic (exact) mass is 433 g/mol. The average Bonchev–Trinajstić information content (AvgIpc) is 3.28. The lowest BCUT2D eigenvalue weighted by atomic mass is 10.1. The number of rotatable bonds is 6. The first-order chi connectivity index (χ1) is 15.0. The second kappa shape index (κ2) is 9.06. The molecule has 0 spiro atoms. The lowest BCUT2D eigenvalue weighted by Gasteiger charge is -2.23. The van der Waals surface area contributed by atoms with Crippen LogP contribution in [0.1, 0.15) is 16.0 Å². The average molecular weight is 434 g/mol. The molecule has 4 aromatic rings. The van der Waals surface area contributed by atoms with E-state index in [2.05, 4.69) is 10.3 Å². The van der Waals surface area contributed by atoms with Crippen LogP contribution in [0.3, 0.4) is 0 Å². The highest BCUT2D eigenvalue weighted by Gasteiger charge is 2.18. The molecule has 2 aromatic carbocycles. The molecule has 4 rings (SSSR count). The predicted octanol–water partition coefficient (Wildman–Crippen LogP) is 5.14. The van der Waals surface area contributed by atoms with Crippen LogP contribution in [0.4, 0.5) is 10.5 Å². The number of nitrogens with one attached hydrogen (secondary N) is 2. The summed E-state index contributed by atoms with van der Waals surface area (Å²) in [6.45, 7) is 2.56. The zero-order valence-corrected chi connectivity index (χ0v) is 18.2. The van der Waals surface area contributed by atoms with E-state index in [1.165, 1.54) is 0 Å². The Labute approximate surface area is 184 Å². The van der Waals surface area contributed by atoms with Crippen LogP contribution in [0.2, 0.25) is 0 Å². The molecule has 0 saturated carbocycles. The van der Waals surface area contributed by atoms with Gasteiger partial charge in [-0.15, -0.1) is 11.3 Å². The Morgan fingerprint density at radius 2 is 1.90 bits per heavy atom. The Morgan fingerprint density at radius 3 is 2.61 bits per heavy atom. The molecule has 2 amide bonds. The summed E-state index contributed by atoms with van der Waals surface area (Å²) in [5.74, 6) is 0.714. The van der Waals surface area contributed by atoms with Gasteiger partial charge in [-0.1, -0.05) is 24.3 Å². The van der Waals surface area contributed by atoms with Crippen molar-refractivity contribution in [3.8, 4) is 5.75 Å². The van der Waals surface area contributed by atoms with Crippen molar-refractivity contribution in [2.75, 3.05) is 12.4 Å². The number of aryl methyl sites for hydroxylation is 1. The zero-order chi connectivity index (χ0) is 21.8. The number of aromatic nitrogens is 1. The van der Waals surface area contributed by atoms with Crippen LogP contribution < -0.4 is 15.6 Å². The van der Waals surface area contributed by atoms with E-state index in [0.29, 0.717) is 23.5 Å². The quantitative estimate of drug-likeness (QED) is 0.442. The van der Waals surface area contributed by atoms with Crippen molar-refractivity contribution in [2.24, 2.45) is 0 Å². The van der Waals surface area contributed by atoms with Gasteiger partial charge in [0, 0.05) is 16.1 Å². The lowest BCUT2D eigenvalue weighted by molar-refractivity contribution is 0.207. The minimum Gasteiger partial charge on any atom is -0.497 e. The number of para-hydroxylation sites is 1. The molecule has 0 radical (unpaired) electrons. The largest absolute Gasteiger partial charge is 0.497 e. The fourth-order valence-corrected chi connectivity index (χ4v) is 4.14. The third-order valence-electron chi connectivity index (χ3n) is 5.08. The molecule has 158 valence electrons. The van der Waals surface area contributed by atoms with Gasteiger partial charge in [0.15, 0.2) is 0 Å². The standard InChI is InChI=1S/C24H23N3O3S/c1-16-5-3-6-17-13-18(23(28)26-22(16)17)14-27(15-21-7-4-12-31-21)24(29)25-19-8-10-20(30-2)11-9-19/h3-13H,14-15H2,1-2H3,(H,25,29)(H,26,28). The first kappa shape index (κ1) is 20.7. The Bertz CT molecular complexity index is 1250. The minimum atomic E-state index is -0.276. The first-order valence-electron chi connectivity index (χ1n) is 9.87. The fraction of sp³-hybridized carbons (Fsp3) is 0.167. The summed E-state index contributed by atoms with van der Waals surface area (Å²) in [6, 6.07) is 18.5. The number of benzene rings is 2. The van der Waals surface area contributed by atoms with Gasteiger partial charge in [-0.2, -0.15) is 0 Å². The van der Waals surface area contributed by atoms with E-state index in [-0.39, 0.29) is 18.1 Å². The summed E-state index contributed by atoms with van der Waals surface area (Å²) in [7, 11) is 1.60. The molecule has 0 unspecified atom stereocenters. The number of aromatic amines is 1. The van der Waals surface area contributed by atoms with Gasteiger partial charge in [0.05, 0.1) is 25.7 Å². The normalized spacial score (nSPS) is 10.8. The van der Waals surface area contributed by atoms with Crippen molar-refractivity contribution in [1.82, 2.24) is 9.88 Å². The number of methoxy groups -OCH3 is 1. The van der Waals surface area contributed by atoms with Crippen LogP contribution in [0.5, 0.6) is 5.75 Å². The van der Waals surface area contributed by atoms with Gasteiger partial charge in [0.2, 0.25) is 0 Å².